The van der Waals surface area contributed by atoms with Crippen LogP contribution in [0.25, 0.3) is 0 Å². The molecule has 0 saturated carbocycles. The highest BCUT2D eigenvalue weighted by Gasteiger charge is 2.27. The molecule has 0 spiro atoms. The van der Waals surface area contributed by atoms with Crippen molar-refractivity contribution in [2.24, 2.45) is 0 Å². The number of hydrogen-bond acceptors (Lipinski definition) is 2. The minimum atomic E-state index is -4.14. The average Bonchev–Trinajstić information content (AvgIpc) is 2.81. The first-order valence-corrected chi connectivity index (χ1v) is 8.04. The molecule has 0 aliphatic rings. The second-order valence-corrected chi connectivity index (χ2v) is 5.93. The molecule has 1 atom stereocenters. The van der Waals surface area contributed by atoms with Crippen molar-refractivity contribution in [1.29, 1.82) is 0 Å². The van der Waals surface area contributed by atoms with E-state index in [1.54, 1.807) is 0 Å². The van der Waals surface area contributed by atoms with Crippen LogP contribution in [0, 0.1) is 0 Å². The molecule has 0 radical (unpaired) electrons. The van der Waals surface area contributed by atoms with Crippen LogP contribution in [0.5, 0.6) is 0 Å². The molecule has 1 unspecified atom stereocenters. The van der Waals surface area contributed by atoms with Gasteiger partial charge in [0.1, 0.15) is 0 Å². The predicted molar refractivity (Wildman–Crippen MR) is 78.9 cm³/mol. The number of hydrogen-bond donors (Lipinski definition) is 1. The zero-order chi connectivity index (χ0) is 15.0. The molecule has 0 aliphatic heterocycles. The van der Waals surface area contributed by atoms with Gasteiger partial charge in [-0.2, -0.15) is 13.2 Å². The smallest absolute Gasteiger partial charge is 0.353 e. The van der Waals surface area contributed by atoms with E-state index in [-0.39, 0.29) is 17.5 Å². The number of halogens is 3. The Balaban J connectivity index is 2.50. The van der Waals surface area contributed by atoms with Crippen molar-refractivity contribution >= 4 is 11.8 Å². The van der Waals surface area contributed by atoms with E-state index >= 15 is 0 Å². The molecule has 6 heteroatoms. The summed E-state index contributed by atoms with van der Waals surface area (Å²) in [7, 11) is 0. The van der Waals surface area contributed by atoms with Gasteiger partial charge in [0.15, 0.2) is 0 Å². The second-order valence-electron chi connectivity index (χ2n) is 4.77. The number of alkyl halides is 3. The summed E-state index contributed by atoms with van der Waals surface area (Å²) in [5.41, 5.74) is -2.97. The van der Waals surface area contributed by atoms with Crippen molar-refractivity contribution in [2.75, 3.05) is 12.3 Å². The van der Waals surface area contributed by atoms with Gasteiger partial charge in [0.25, 0.3) is 0 Å². The molecule has 0 amide bonds. The summed E-state index contributed by atoms with van der Waals surface area (Å²) in [6.45, 7) is 5.60. The van der Waals surface area contributed by atoms with E-state index in [1.807, 2.05) is 23.0 Å². The van der Waals surface area contributed by atoms with E-state index in [2.05, 4.69) is 19.2 Å². The van der Waals surface area contributed by atoms with Gasteiger partial charge < -0.3 is 9.88 Å². The lowest BCUT2D eigenvalue weighted by atomic mass is 10.1. The maximum Gasteiger partial charge on any atom is 0.441 e. The fraction of sp³-hybridized carbons (Fsp3) is 0.714. The lowest BCUT2D eigenvalue weighted by Crippen LogP contribution is -2.21. The van der Waals surface area contributed by atoms with E-state index in [4.69, 9.17) is 0 Å². The van der Waals surface area contributed by atoms with Gasteiger partial charge in [-0.1, -0.05) is 20.3 Å². The minimum Gasteiger partial charge on any atom is -0.353 e. The lowest BCUT2D eigenvalue weighted by Gasteiger charge is -2.16. The maximum absolute atomic E-state index is 12.1. The second kappa shape index (κ2) is 8.62. The Kier molecular flexibility index (Phi) is 7.51. The molecule has 1 aromatic rings. The number of nitrogens with zero attached hydrogens (tertiary/aromatic N) is 1. The first kappa shape index (κ1) is 17.4. The SMILES string of the molecule is CCCNC(CCC)c1ccn(CCSC(F)(F)F)c1. The van der Waals surface area contributed by atoms with Crippen molar-refractivity contribution < 1.29 is 13.2 Å². The summed E-state index contributed by atoms with van der Waals surface area (Å²) in [5, 5.41) is 3.48. The molecular formula is C14H23F3N2S. The molecule has 0 bridgehead atoms. The molecule has 0 fully saturated rings. The Morgan fingerprint density at radius 1 is 1.30 bits per heavy atom. The topological polar surface area (TPSA) is 17.0 Å². The minimum absolute atomic E-state index is 0.0337. The van der Waals surface area contributed by atoms with E-state index in [9.17, 15) is 13.2 Å². The zero-order valence-corrected chi connectivity index (χ0v) is 12.9. The molecule has 2 nitrogen and oxygen atoms in total. The van der Waals surface area contributed by atoms with E-state index in [0.717, 1.165) is 31.4 Å². The van der Waals surface area contributed by atoms with Crippen LogP contribution >= 0.6 is 11.8 Å². The van der Waals surface area contributed by atoms with Crippen LogP contribution in [0.15, 0.2) is 18.5 Å². The van der Waals surface area contributed by atoms with Gasteiger partial charge in [-0.3, -0.25) is 0 Å². The largest absolute Gasteiger partial charge is 0.441 e. The normalized spacial score (nSPS) is 13.7. The Labute approximate surface area is 123 Å². The Morgan fingerprint density at radius 2 is 2.05 bits per heavy atom. The van der Waals surface area contributed by atoms with Gasteiger partial charge in [-0.05, 0) is 42.8 Å². The molecule has 116 valence electrons. The predicted octanol–water partition coefficient (Wildman–Crippen LogP) is 4.58. The highest BCUT2D eigenvalue weighted by molar-refractivity contribution is 8.00. The quantitative estimate of drug-likeness (QED) is 0.719. The van der Waals surface area contributed by atoms with Crippen molar-refractivity contribution in [3.05, 3.63) is 24.0 Å². The highest BCUT2D eigenvalue weighted by atomic mass is 32.2. The summed E-state index contributed by atoms with van der Waals surface area (Å²) in [4.78, 5) is 0. The molecular weight excluding hydrogens is 285 g/mol. The molecule has 1 aromatic heterocycles. The fourth-order valence-corrected chi connectivity index (χ4v) is 2.60. The van der Waals surface area contributed by atoms with Gasteiger partial charge in [-0.25, -0.2) is 0 Å². The van der Waals surface area contributed by atoms with Crippen molar-refractivity contribution in [3.8, 4) is 0 Å². The Hall–Kier alpha value is -0.620. The lowest BCUT2D eigenvalue weighted by molar-refractivity contribution is -0.0328. The van der Waals surface area contributed by atoms with Gasteiger partial charge in [-0.15, -0.1) is 0 Å². The third-order valence-corrected chi connectivity index (χ3v) is 3.72. The van der Waals surface area contributed by atoms with Crippen LogP contribution in [0.1, 0.15) is 44.7 Å². The zero-order valence-electron chi connectivity index (χ0n) is 12.0. The number of thioether (sulfide) groups is 1. The molecule has 0 aliphatic carbocycles. The van der Waals surface area contributed by atoms with Crippen molar-refractivity contribution in [3.63, 3.8) is 0 Å². The summed E-state index contributed by atoms with van der Waals surface area (Å²) in [5.74, 6) is 0.0540. The van der Waals surface area contributed by atoms with E-state index in [1.165, 1.54) is 0 Å². The van der Waals surface area contributed by atoms with E-state index < -0.39 is 5.51 Å². The van der Waals surface area contributed by atoms with Gasteiger partial charge in [0.05, 0.1) is 0 Å². The van der Waals surface area contributed by atoms with Gasteiger partial charge >= 0.3 is 5.51 Å². The third-order valence-electron chi connectivity index (χ3n) is 3.01. The first-order valence-electron chi connectivity index (χ1n) is 7.06. The van der Waals surface area contributed by atoms with Crippen LogP contribution in [0.4, 0.5) is 13.2 Å². The summed E-state index contributed by atoms with van der Waals surface area (Å²) >= 11 is 0.0337. The Morgan fingerprint density at radius 3 is 2.65 bits per heavy atom. The maximum atomic E-state index is 12.1. The van der Waals surface area contributed by atoms with E-state index in [0.29, 0.717) is 12.6 Å². The van der Waals surface area contributed by atoms with Crippen LogP contribution in [0.2, 0.25) is 0 Å². The van der Waals surface area contributed by atoms with Crippen molar-refractivity contribution in [1.82, 2.24) is 9.88 Å². The number of nitrogens with one attached hydrogen (secondary N) is 1. The highest BCUT2D eigenvalue weighted by Crippen LogP contribution is 2.30. The van der Waals surface area contributed by atoms with Crippen molar-refractivity contribution in [2.45, 2.75) is 51.2 Å². The summed E-state index contributed by atoms with van der Waals surface area (Å²) < 4.78 is 38.1. The molecule has 0 aromatic carbocycles. The number of aromatic nitrogens is 1. The van der Waals surface area contributed by atoms with Crippen LogP contribution in [-0.4, -0.2) is 22.4 Å². The molecule has 0 saturated heterocycles. The van der Waals surface area contributed by atoms with Crippen LogP contribution in [0.3, 0.4) is 0 Å². The summed E-state index contributed by atoms with van der Waals surface area (Å²) in [6, 6.07) is 2.30. The molecule has 1 N–H and O–H groups in total. The molecule has 1 rings (SSSR count). The standard InChI is InChI=1S/C14H23F3N2S/c1-3-5-13(18-7-4-2)12-6-8-19(11-12)9-10-20-14(15,16)17/h6,8,11,13,18H,3-5,7,9-10H2,1-2H3. The average molecular weight is 308 g/mol. The summed E-state index contributed by atoms with van der Waals surface area (Å²) in [6.07, 6.45) is 7.02. The van der Waals surface area contributed by atoms with Crippen LogP contribution in [-0.2, 0) is 6.54 Å². The first-order chi connectivity index (χ1) is 9.46. The van der Waals surface area contributed by atoms with Gasteiger partial charge in [0.2, 0.25) is 0 Å². The molecule has 1 heterocycles. The fourth-order valence-electron chi connectivity index (χ4n) is 2.07. The van der Waals surface area contributed by atoms with Gasteiger partial charge in [0, 0.05) is 30.7 Å². The third kappa shape index (κ3) is 6.70. The monoisotopic (exact) mass is 308 g/mol. The Bertz CT molecular complexity index is 377. The molecule has 20 heavy (non-hydrogen) atoms. The number of rotatable bonds is 9. The number of aryl methyl sites for hydroxylation is 1. The van der Waals surface area contributed by atoms with Crippen LogP contribution < -0.4 is 5.32 Å².